The number of carbonyl (C=O) groups is 1. The summed E-state index contributed by atoms with van der Waals surface area (Å²) < 4.78 is 5.49. The maximum absolute atomic E-state index is 12.2. The Hall–Kier alpha value is -2.16. The van der Waals surface area contributed by atoms with Gasteiger partial charge in [0.05, 0.1) is 6.61 Å². The van der Waals surface area contributed by atoms with Crippen molar-refractivity contribution in [3.63, 3.8) is 0 Å². The lowest BCUT2D eigenvalue weighted by atomic mass is 10.0. The van der Waals surface area contributed by atoms with Gasteiger partial charge in [0.2, 0.25) is 0 Å². The van der Waals surface area contributed by atoms with E-state index in [1.807, 2.05) is 31.2 Å². The number of aryl methyl sites for hydroxylation is 2. The Balaban J connectivity index is 1.68. The Kier molecular flexibility index (Phi) is 3.50. The average molecular weight is 267 g/mol. The Morgan fingerprint density at radius 2 is 2.25 bits per heavy atom. The molecule has 1 aromatic carbocycles. The highest BCUT2D eigenvalue weighted by molar-refractivity contribution is 5.95. The molecule has 3 nitrogen and oxygen atoms in total. The summed E-state index contributed by atoms with van der Waals surface area (Å²) in [5.74, 6) is 1.10. The molecule has 0 saturated carbocycles. The van der Waals surface area contributed by atoms with Gasteiger partial charge >= 0.3 is 0 Å². The zero-order chi connectivity index (χ0) is 13.9. The standard InChI is InChI=1S/C17H17NO2/c1-12-3-2-9-18-17(12)15(19)6-4-13-5-7-16-14(11-13)8-10-20-16/h2-3,5,7,9,11H,4,6,8,10H2,1H3. The molecule has 20 heavy (non-hydrogen) atoms. The SMILES string of the molecule is Cc1cccnc1C(=O)CCc1ccc2c(c1)CCO2. The summed E-state index contributed by atoms with van der Waals surface area (Å²) in [6.07, 6.45) is 3.89. The Labute approximate surface area is 118 Å². The van der Waals surface area contributed by atoms with Crippen molar-refractivity contribution >= 4 is 5.78 Å². The summed E-state index contributed by atoms with van der Waals surface area (Å²) in [7, 11) is 0. The van der Waals surface area contributed by atoms with Gasteiger partial charge in [-0.3, -0.25) is 9.78 Å². The maximum Gasteiger partial charge on any atom is 0.181 e. The number of hydrogen-bond donors (Lipinski definition) is 0. The summed E-state index contributed by atoms with van der Waals surface area (Å²) in [6.45, 7) is 2.69. The first-order chi connectivity index (χ1) is 9.74. The molecule has 3 heteroatoms. The zero-order valence-corrected chi connectivity index (χ0v) is 11.6. The number of ketones is 1. The van der Waals surface area contributed by atoms with E-state index in [0.29, 0.717) is 12.1 Å². The third kappa shape index (κ3) is 2.57. The molecule has 0 unspecified atom stereocenters. The van der Waals surface area contributed by atoms with E-state index in [4.69, 9.17) is 4.74 Å². The van der Waals surface area contributed by atoms with Crippen LogP contribution in [0.3, 0.4) is 0 Å². The lowest BCUT2D eigenvalue weighted by molar-refractivity contribution is 0.0977. The van der Waals surface area contributed by atoms with Crippen LogP contribution in [0.1, 0.15) is 33.6 Å². The van der Waals surface area contributed by atoms with Crippen LogP contribution in [0.25, 0.3) is 0 Å². The predicted octanol–water partition coefficient (Wildman–Crippen LogP) is 3.14. The molecule has 1 aromatic heterocycles. The molecule has 0 aliphatic carbocycles. The number of aromatic nitrogens is 1. The quantitative estimate of drug-likeness (QED) is 0.799. The number of pyridine rings is 1. The molecular formula is C17H17NO2. The Bertz CT molecular complexity index is 649. The molecule has 0 spiro atoms. The number of benzene rings is 1. The first kappa shape index (κ1) is 12.9. The van der Waals surface area contributed by atoms with E-state index >= 15 is 0 Å². The van der Waals surface area contributed by atoms with Gasteiger partial charge in [-0.2, -0.15) is 0 Å². The molecular weight excluding hydrogens is 250 g/mol. The first-order valence-electron chi connectivity index (χ1n) is 6.93. The molecule has 102 valence electrons. The number of hydrogen-bond acceptors (Lipinski definition) is 3. The van der Waals surface area contributed by atoms with Gasteiger partial charge < -0.3 is 4.74 Å². The minimum absolute atomic E-state index is 0.111. The summed E-state index contributed by atoms with van der Waals surface area (Å²) in [6, 6.07) is 9.98. The second-order valence-corrected chi connectivity index (χ2v) is 5.13. The maximum atomic E-state index is 12.2. The smallest absolute Gasteiger partial charge is 0.181 e. The fourth-order valence-electron chi connectivity index (χ4n) is 2.55. The molecule has 0 saturated heterocycles. The second-order valence-electron chi connectivity index (χ2n) is 5.13. The molecule has 0 atom stereocenters. The van der Waals surface area contributed by atoms with Crippen LogP contribution in [-0.4, -0.2) is 17.4 Å². The number of rotatable bonds is 4. The van der Waals surface area contributed by atoms with Crippen molar-refractivity contribution in [1.82, 2.24) is 4.98 Å². The molecule has 1 aliphatic rings. The lowest BCUT2D eigenvalue weighted by Gasteiger charge is -2.05. The first-order valence-corrected chi connectivity index (χ1v) is 6.93. The van der Waals surface area contributed by atoms with Crippen molar-refractivity contribution in [2.24, 2.45) is 0 Å². The normalized spacial score (nSPS) is 12.8. The second kappa shape index (κ2) is 5.45. The summed E-state index contributed by atoms with van der Waals surface area (Å²) >= 11 is 0. The molecule has 0 radical (unpaired) electrons. The predicted molar refractivity (Wildman–Crippen MR) is 77.3 cm³/mol. The van der Waals surface area contributed by atoms with Gasteiger partial charge in [-0.25, -0.2) is 0 Å². The van der Waals surface area contributed by atoms with Crippen molar-refractivity contribution in [3.8, 4) is 5.75 Å². The highest BCUT2D eigenvalue weighted by Crippen LogP contribution is 2.26. The van der Waals surface area contributed by atoms with Gasteiger partial charge in [0.1, 0.15) is 11.4 Å². The largest absolute Gasteiger partial charge is 0.493 e. The van der Waals surface area contributed by atoms with Crippen LogP contribution < -0.4 is 4.74 Å². The summed E-state index contributed by atoms with van der Waals surface area (Å²) in [5.41, 5.74) is 3.98. The van der Waals surface area contributed by atoms with Crippen molar-refractivity contribution in [1.29, 1.82) is 0 Å². The van der Waals surface area contributed by atoms with Crippen LogP contribution in [-0.2, 0) is 12.8 Å². The molecule has 0 amide bonds. The van der Waals surface area contributed by atoms with Gasteiger partial charge in [-0.05, 0) is 42.2 Å². The number of ether oxygens (including phenoxy) is 1. The van der Waals surface area contributed by atoms with Gasteiger partial charge in [0, 0.05) is 19.0 Å². The van der Waals surface area contributed by atoms with Gasteiger partial charge in [0.15, 0.2) is 5.78 Å². The molecule has 0 fully saturated rings. The summed E-state index contributed by atoms with van der Waals surface area (Å²) in [5, 5.41) is 0. The average Bonchev–Trinajstić information content (AvgIpc) is 2.92. The zero-order valence-electron chi connectivity index (χ0n) is 11.6. The molecule has 0 N–H and O–H groups in total. The minimum atomic E-state index is 0.111. The van der Waals surface area contributed by atoms with E-state index in [-0.39, 0.29) is 5.78 Å². The van der Waals surface area contributed by atoms with E-state index in [1.54, 1.807) is 6.20 Å². The highest BCUT2D eigenvalue weighted by atomic mass is 16.5. The van der Waals surface area contributed by atoms with Crippen LogP contribution in [0.15, 0.2) is 36.5 Å². The van der Waals surface area contributed by atoms with Crippen molar-refractivity contribution in [2.45, 2.75) is 26.2 Å². The van der Waals surface area contributed by atoms with Gasteiger partial charge in [0.25, 0.3) is 0 Å². The van der Waals surface area contributed by atoms with Crippen molar-refractivity contribution in [3.05, 3.63) is 58.9 Å². The van der Waals surface area contributed by atoms with Crippen LogP contribution in [0.5, 0.6) is 5.75 Å². The number of Topliss-reactive ketones (excluding diaryl/α,β-unsaturated/α-hetero) is 1. The fourth-order valence-corrected chi connectivity index (χ4v) is 2.55. The highest BCUT2D eigenvalue weighted by Gasteiger charge is 2.14. The van der Waals surface area contributed by atoms with Gasteiger partial charge in [-0.15, -0.1) is 0 Å². The van der Waals surface area contributed by atoms with Crippen LogP contribution in [0.4, 0.5) is 0 Å². The van der Waals surface area contributed by atoms with Crippen molar-refractivity contribution in [2.75, 3.05) is 6.61 Å². The number of fused-ring (bicyclic) bond motifs is 1. The lowest BCUT2D eigenvalue weighted by Crippen LogP contribution is -2.06. The van der Waals surface area contributed by atoms with E-state index in [9.17, 15) is 4.79 Å². The summed E-state index contributed by atoms with van der Waals surface area (Å²) in [4.78, 5) is 16.4. The van der Waals surface area contributed by atoms with Crippen molar-refractivity contribution < 1.29 is 9.53 Å². The fraction of sp³-hybridized carbons (Fsp3) is 0.294. The Morgan fingerprint density at radius 1 is 1.35 bits per heavy atom. The molecule has 3 rings (SSSR count). The third-order valence-electron chi connectivity index (χ3n) is 3.67. The van der Waals surface area contributed by atoms with E-state index in [1.165, 1.54) is 11.1 Å². The van der Waals surface area contributed by atoms with Gasteiger partial charge in [-0.1, -0.05) is 18.2 Å². The molecule has 2 heterocycles. The molecule has 2 aromatic rings. The minimum Gasteiger partial charge on any atom is -0.493 e. The number of carbonyl (C=O) groups excluding carboxylic acids is 1. The van der Waals surface area contributed by atoms with Crippen LogP contribution in [0, 0.1) is 6.92 Å². The topological polar surface area (TPSA) is 39.2 Å². The third-order valence-corrected chi connectivity index (χ3v) is 3.67. The monoisotopic (exact) mass is 267 g/mol. The van der Waals surface area contributed by atoms with Crippen LogP contribution >= 0.6 is 0 Å². The Morgan fingerprint density at radius 3 is 3.10 bits per heavy atom. The molecule has 1 aliphatic heterocycles. The van der Waals surface area contributed by atoms with E-state index in [2.05, 4.69) is 11.1 Å². The van der Waals surface area contributed by atoms with E-state index in [0.717, 1.165) is 30.8 Å². The number of nitrogens with zero attached hydrogens (tertiary/aromatic N) is 1. The van der Waals surface area contributed by atoms with E-state index < -0.39 is 0 Å². The van der Waals surface area contributed by atoms with Crippen LogP contribution in [0.2, 0.25) is 0 Å². The molecule has 0 bridgehead atoms.